The third kappa shape index (κ3) is 3.41. The van der Waals surface area contributed by atoms with Crippen molar-refractivity contribution in [3.05, 3.63) is 34.6 Å². The summed E-state index contributed by atoms with van der Waals surface area (Å²) in [5.41, 5.74) is 0.206. The lowest BCUT2D eigenvalue weighted by atomic mass is 10.2. The molecule has 16 heavy (non-hydrogen) atoms. The lowest BCUT2D eigenvalue weighted by Crippen LogP contribution is -2.35. The summed E-state index contributed by atoms with van der Waals surface area (Å²) in [6, 6.07) is 3.98. The fraction of sp³-hybridized carbons (Fsp3) is 0.333. The van der Waals surface area contributed by atoms with Crippen molar-refractivity contribution in [1.29, 1.82) is 0 Å². The van der Waals surface area contributed by atoms with Crippen LogP contribution in [-0.4, -0.2) is 26.8 Å². The van der Waals surface area contributed by atoms with Crippen LogP contribution < -0.4 is 4.72 Å². The van der Waals surface area contributed by atoms with Crippen LogP contribution in [0.5, 0.6) is 0 Å². The number of hydrogen-bond donors (Lipinski definition) is 1. The quantitative estimate of drug-likeness (QED) is 0.895. The summed E-state index contributed by atoms with van der Waals surface area (Å²) >= 11 is 5.68. The smallest absolute Gasteiger partial charge is 0.207 e. The summed E-state index contributed by atoms with van der Waals surface area (Å²) < 4.78 is 39.2. The lowest BCUT2D eigenvalue weighted by molar-refractivity contribution is 0.503. The summed E-state index contributed by atoms with van der Waals surface area (Å²) in [5, 5.41) is 0.362. The molecule has 0 saturated heterocycles. The van der Waals surface area contributed by atoms with Crippen LogP contribution in [0.3, 0.4) is 0 Å². The number of hydrogen-bond acceptors (Lipinski definition) is 2. The van der Waals surface area contributed by atoms with E-state index in [1.807, 2.05) is 0 Å². The molecule has 0 fully saturated rings. The van der Waals surface area contributed by atoms with Gasteiger partial charge in [-0.2, -0.15) is 17.4 Å². The highest BCUT2D eigenvalue weighted by molar-refractivity contribution is 7.87. The first kappa shape index (κ1) is 13.4. The van der Waals surface area contributed by atoms with Gasteiger partial charge in [0.15, 0.2) is 0 Å². The largest absolute Gasteiger partial charge is 0.279 e. The van der Waals surface area contributed by atoms with Crippen LogP contribution in [0.25, 0.3) is 0 Å². The molecule has 0 saturated carbocycles. The Balaban J connectivity index is 2.79. The van der Waals surface area contributed by atoms with Gasteiger partial charge in [-0.15, -0.1) is 0 Å². The maximum atomic E-state index is 13.2. The first-order valence-corrected chi connectivity index (χ1v) is 6.26. The number of nitrogens with one attached hydrogen (secondary N) is 1. The van der Waals surface area contributed by atoms with Crippen molar-refractivity contribution in [2.24, 2.45) is 0 Å². The number of benzene rings is 1. The summed E-state index contributed by atoms with van der Waals surface area (Å²) in [5.74, 6) is -0.495. The van der Waals surface area contributed by atoms with Gasteiger partial charge in [0.25, 0.3) is 10.2 Å². The monoisotopic (exact) mass is 266 g/mol. The molecule has 4 nitrogen and oxygen atoms in total. The Kier molecular flexibility index (Phi) is 4.26. The van der Waals surface area contributed by atoms with E-state index in [0.29, 0.717) is 5.02 Å². The van der Waals surface area contributed by atoms with Gasteiger partial charge >= 0.3 is 0 Å². The second-order valence-corrected chi connectivity index (χ2v) is 5.75. The van der Waals surface area contributed by atoms with Gasteiger partial charge in [-0.3, -0.25) is 0 Å². The molecule has 1 rings (SSSR count). The minimum Gasteiger partial charge on any atom is -0.207 e. The Bertz CT molecular complexity index is 476. The van der Waals surface area contributed by atoms with E-state index >= 15 is 0 Å². The molecule has 0 atom stereocenters. The molecule has 7 heteroatoms. The van der Waals surface area contributed by atoms with E-state index in [9.17, 15) is 12.8 Å². The van der Waals surface area contributed by atoms with Gasteiger partial charge in [0.05, 0.1) is 0 Å². The molecule has 0 unspecified atom stereocenters. The molecule has 0 amide bonds. The average Bonchev–Trinajstić information content (AvgIpc) is 2.19. The number of halogens is 2. The molecule has 0 heterocycles. The van der Waals surface area contributed by atoms with Gasteiger partial charge in [-0.1, -0.05) is 11.6 Å². The van der Waals surface area contributed by atoms with Crippen LogP contribution in [0.2, 0.25) is 5.02 Å². The highest BCUT2D eigenvalue weighted by Crippen LogP contribution is 2.14. The van der Waals surface area contributed by atoms with E-state index in [1.54, 1.807) is 0 Å². The molecule has 1 aromatic carbocycles. The normalized spacial score (nSPS) is 12.1. The summed E-state index contributed by atoms with van der Waals surface area (Å²) in [6.07, 6.45) is 0. The Morgan fingerprint density at radius 2 is 2.06 bits per heavy atom. The van der Waals surface area contributed by atoms with E-state index in [1.165, 1.54) is 32.3 Å². The molecular formula is C9H12ClFN2O2S. The molecule has 0 aliphatic carbocycles. The molecule has 0 aromatic heterocycles. The molecule has 0 spiro atoms. The topological polar surface area (TPSA) is 49.4 Å². The third-order valence-corrected chi connectivity index (χ3v) is 3.64. The Hall–Kier alpha value is -0.690. The van der Waals surface area contributed by atoms with Crippen molar-refractivity contribution in [2.45, 2.75) is 6.54 Å². The number of rotatable bonds is 4. The highest BCUT2D eigenvalue weighted by Gasteiger charge is 2.13. The zero-order chi connectivity index (χ0) is 12.3. The van der Waals surface area contributed by atoms with Crippen molar-refractivity contribution in [1.82, 2.24) is 9.03 Å². The second-order valence-electron chi connectivity index (χ2n) is 3.34. The standard InChI is InChI=1S/C9H12ClFN2O2S/c1-13(2)16(14,15)12-6-7-5-8(10)3-4-9(7)11/h3-5,12H,6H2,1-2H3. The van der Waals surface area contributed by atoms with Crippen molar-refractivity contribution < 1.29 is 12.8 Å². The zero-order valence-corrected chi connectivity index (χ0v) is 10.4. The first-order chi connectivity index (χ1) is 7.33. The van der Waals surface area contributed by atoms with Crippen molar-refractivity contribution in [2.75, 3.05) is 14.1 Å². The van der Waals surface area contributed by atoms with E-state index in [-0.39, 0.29) is 12.1 Å². The van der Waals surface area contributed by atoms with Crippen molar-refractivity contribution in [3.63, 3.8) is 0 Å². The third-order valence-electron chi connectivity index (χ3n) is 1.93. The fourth-order valence-corrected chi connectivity index (χ4v) is 1.77. The van der Waals surface area contributed by atoms with Crippen LogP contribution in [0, 0.1) is 5.82 Å². The van der Waals surface area contributed by atoms with Gasteiger partial charge in [0, 0.05) is 31.2 Å². The summed E-state index contributed by atoms with van der Waals surface area (Å²) in [7, 11) is -0.781. The predicted octanol–water partition coefficient (Wildman–Crippen LogP) is 1.38. The van der Waals surface area contributed by atoms with Gasteiger partial charge in [-0.25, -0.2) is 4.39 Å². The van der Waals surface area contributed by atoms with Crippen LogP contribution in [-0.2, 0) is 16.8 Å². The average molecular weight is 267 g/mol. The van der Waals surface area contributed by atoms with Crippen LogP contribution in [0.1, 0.15) is 5.56 Å². The number of nitrogens with zero attached hydrogens (tertiary/aromatic N) is 1. The van der Waals surface area contributed by atoms with Gasteiger partial charge in [0.1, 0.15) is 5.82 Å². The maximum Gasteiger partial charge on any atom is 0.279 e. The van der Waals surface area contributed by atoms with Gasteiger partial charge < -0.3 is 0 Å². The minimum absolute atomic E-state index is 0.132. The molecule has 0 bridgehead atoms. The van der Waals surface area contributed by atoms with E-state index in [4.69, 9.17) is 11.6 Å². The summed E-state index contributed by atoms with van der Waals surface area (Å²) in [4.78, 5) is 0. The second kappa shape index (κ2) is 5.09. The van der Waals surface area contributed by atoms with E-state index < -0.39 is 16.0 Å². The SMILES string of the molecule is CN(C)S(=O)(=O)NCc1cc(Cl)ccc1F. The van der Waals surface area contributed by atoms with Crippen molar-refractivity contribution >= 4 is 21.8 Å². The van der Waals surface area contributed by atoms with Crippen molar-refractivity contribution in [3.8, 4) is 0 Å². The fourth-order valence-electron chi connectivity index (χ4n) is 0.977. The highest BCUT2D eigenvalue weighted by atomic mass is 35.5. The molecule has 1 aromatic rings. The molecule has 0 radical (unpaired) electrons. The van der Waals surface area contributed by atoms with E-state index in [2.05, 4.69) is 4.72 Å². The first-order valence-electron chi connectivity index (χ1n) is 4.44. The molecule has 1 N–H and O–H groups in total. The predicted molar refractivity (Wildman–Crippen MR) is 60.9 cm³/mol. The molecular weight excluding hydrogens is 255 g/mol. The van der Waals surface area contributed by atoms with Crippen LogP contribution in [0.15, 0.2) is 18.2 Å². The molecule has 0 aliphatic rings. The van der Waals surface area contributed by atoms with Crippen LogP contribution in [0.4, 0.5) is 4.39 Å². The Labute approximate surface area is 99.2 Å². The summed E-state index contributed by atoms with van der Waals surface area (Å²) in [6.45, 7) is -0.132. The Morgan fingerprint density at radius 1 is 1.44 bits per heavy atom. The van der Waals surface area contributed by atoms with E-state index in [0.717, 1.165) is 4.31 Å². The van der Waals surface area contributed by atoms with Gasteiger partial charge in [0.2, 0.25) is 0 Å². The Morgan fingerprint density at radius 3 is 2.62 bits per heavy atom. The lowest BCUT2D eigenvalue weighted by Gasteiger charge is -2.12. The van der Waals surface area contributed by atoms with Gasteiger partial charge in [-0.05, 0) is 18.2 Å². The molecule has 0 aliphatic heterocycles. The maximum absolute atomic E-state index is 13.2. The molecule has 90 valence electrons. The minimum atomic E-state index is -3.55. The van der Waals surface area contributed by atoms with Crippen LogP contribution >= 0.6 is 11.6 Å². The zero-order valence-electron chi connectivity index (χ0n) is 8.87.